The van der Waals surface area contributed by atoms with Gasteiger partial charge in [-0.3, -0.25) is 9.59 Å². The highest BCUT2D eigenvalue weighted by Gasteiger charge is 2.17. The summed E-state index contributed by atoms with van der Waals surface area (Å²) in [7, 11) is 0. The molecule has 6 nitrogen and oxygen atoms in total. The van der Waals surface area contributed by atoms with Crippen molar-refractivity contribution >= 4 is 38.8 Å². The maximum Gasteiger partial charge on any atom is 0.251 e. The number of hydrogen-bond donors (Lipinski definition) is 1. The van der Waals surface area contributed by atoms with E-state index >= 15 is 0 Å². The van der Waals surface area contributed by atoms with Gasteiger partial charge in [0.05, 0.1) is 11.0 Å². The number of amides is 2. The molecular formula is C24H29BrN4O2. The van der Waals surface area contributed by atoms with Crippen molar-refractivity contribution < 1.29 is 9.59 Å². The smallest absolute Gasteiger partial charge is 0.251 e. The molecule has 0 radical (unpaired) electrons. The molecule has 0 aliphatic carbocycles. The van der Waals surface area contributed by atoms with Crippen LogP contribution in [0.4, 0.5) is 0 Å². The molecule has 2 aromatic carbocycles. The van der Waals surface area contributed by atoms with Crippen LogP contribution in [0.3, 0.4) is 0 Å². The summed E-state index contributed by atoms with van der Waals surface area (Å²) in [5.74, 6) is 0.778. The molecule has 1 N–H and O–H groups in total. The Morgan fingerprint density at radius 1 is 1.06 bits per heavy atom. The fraction of sp³-hybridized carbons (Fsp3) is 0.375. The normalized spacial score (nSPS) is 10.9. The first kappa shape index (κ1) is 23.0. The van der Waals surface area contributed by atoms with Gasteiger partial charge in [0.2, 0.25) is 5.91 Å². The average Bonchev–Trinajstić information content (AvgIpc) is 3.10. The van der Waals surface area contributed by atoms with E-state index in [1.54, 1.807) is 12.1 Å². The average molecular weight is 485 g/mol. The van der Waals surface area contributed by atoms with Crippen LogP contribution in [0.1, 0.15) is 42.9 Å². The highest BCUT2D eigenvalue weighted by Crippen LogP contribution is 2.17. The molecule has 164 valence electrons. The molecule has 1 aromatic heterocycles. The van der Waals surface area contributed by atoms with Gasteiger partial charge in [-0.25, -0.2) is 4.98 Å². The van der Waals surface area contributed by atoms with E-state index in [4.69, 9.17) is 4.98 Å². The van der Waals surface area contributed by atoms with E-state index in [0.717, 1.165) is 47.3 Å². The van der Waals surface area contributed by atoms with Gasteiger partial charge < -0.3 is 14.8 Å². The van der Waals surface area contributed by atoms with Crippen molar-refractivity contribution in [2.75, 3.05) is 19.6 Å². The van der Waals surface area contributed by atoms with E-state index < -0.39 is 0 Å². The summed E-state index contributed by atoms with van der Waals surface area (Å²) in [6, 6.07) is 15.1. The molecule has 0 aliphatic heterocycles. The first-order valence-electron chi connectivity index (χ1n) is 10.8. The zero-order valence-corrected chi connectivity index (χ0v) is 19.7. The number of aromatic nitrogens is 2. The summed E-state index contributed by atoms with van der Waals surface area (Å²) >= 11 is 3.39. The largest absolute Gasteiger partial charge is 0.352 e. The Hall–Kier alpha value is -2.67. The minimum absolute atomic E-state index is 0.103. The van der Waals surface area contributed by atoms with Gasteiger partial charge in [0.15, 0.2) is 0 Å². The van der Waals surface area contributed by atoms with E-state index in [9.17, 15) is 9.59 Å². The quantitative estimate of drug-likeness (QED) is 0.463. The van der Waals surface area contributed by atoms with E-state index in [-0.39, 0.29) is 18.4 Å². The van der Waals surface area contributed by atoms with Crippen LogP contribution in [0.15, 0.2) is 53.0 Å². The SMILES string of the molecule is CCCN(CCC)C(=O)Cn1c(CCNC(=O)c2cccc(Br)c2)nc2ccccc21. The number of imidazole rings is 1. The fourth-order valence-electron chi connectivity index (χ4n) is 3.65. The summed E-state index contributed by atoms with van der Waals surface area (Å²) in [6.45, 7) is 6.39. The number of nitrogens with zero attached hydrogens (tertiary/aromatic N) is 3. The van der Waals surface area contributed by atoms with Crippen LogP contribution in [0.5, 0.6) is 0 Å². The lowest BCUT2D eigenvalue weighted by atomic mass is 10.2. The second-order valence-corrected chi connectivity index (χ2v) is 8.42. The Morgan fingerprint density at radius 3 is 2.52 bits per heavy atom. The summed E-state index contributed by atoms with van der Waals surface area (Å²) in [4.78, 5) is 32.1. The zero-order chi connectivity index (χ0) is 22.2. The number of benzene rings is 2. The number of halogens is 1. The summed E-state index contributed by atoms with van der Waals surface area (Å²) < 4.78 is 2.85. The molecule has 0 unspecified atom stereocenters. The van der Waals surface area contributed by atoms with Gasteiger partial charge in [-0.05, 0) is 43.2 Å². The molecule has 0 saturated heterocycles. The first-order valence-corrected chi connectivity index (χ1v) is 11.6. The van der Waals surface area contributed by atoms with Gasteiger partial charge in [-0.1, -0.05) is 48.0 Å². The van der Waals surface area contributed by atoms with Crippen molar-refractivity contribution in [1.82, 2.24) is 19.8 Å². The van der Waals surface area contributed by atoms with Crippen LogP contribution in [0.2, 0.25) is 0 Å². The van der Waals surface area contributed by atoms with Gasteiger partial charge in [-0.2, -0.15) is 0 Å². The molecule has 3 rings (SSSR count). The van der Waals surface area contributed by atoms with E-state index in [1.807, 2.05) is 45.9 Å². The monoisotopic (exact) mass is 484 g/mol. The number of carbonyl (C=O) groups is 2. The minimum atomic E-state index is -0.128. The van der Waals surface area contributed by atoms with Crippen LogP contribution in [0.25, 0.3) is 11.0 Å². The zero-order valence-electron chi connectivity index (χ0n) is 18.1. The molecule has 0 aliphatic rings. The lowest BCUT2D eigenvalue weighted by Crippen LogP contribution is -2.35. The molecular weight excluding hydrogens is 456 g/mol. The van der Waals surface area contributed by atoms with Gasteiger partial charge in [0.1, 0.15) is 12.4 Å². The highest BCUT2D eigenvalue weighted by molar-refractivity contribution is 9.10. The van der Waals surface area contributed by atoms with Gasteiger partial charge in [0, 0.05) is 36.1 Å². The number of fused-ring (bicyclic) bond motifs is 1. The number of carbonyl (C=O) groups excluding carboxylic acids is 2. The predicted molar refractivity (Wildman–Crippen MR) is 127 cm³/mol. The van der Waals surface area contributed by atoms with Crippen LogP contribution >= 0.6 is 15.9 Å². The van der Waals surface area contributed by atoms with Crippen LogP contribution in [0, 0.1) is 0 Å². The molecule has 1 heterocycles. The van der Waals surface area contributed by atoms with Crippen molar-refractivity contribution in [3.05, 3.63) is 64.4 Å². The van der Waals surface area contributed by atoms with Gasteiger partial charge in [-0.15, -0.1) is 0 Å². The number of rotatable bonds is 10. The van der Waals surface area contributed by atoms with E-state index in [2.05, 4.69) is 35.1 Å². The molecule has 31 heavy (non-hydrogen) atoms. The molecule has 0 atom stereocenters. The summed E-state index contributed by atoms with van der Waals surface area (Å²) in [5.41, 5.74) is 2.41. The summed E-state index contributed by atoms with van der Waals surface area (Å²) in [6.07, 6.45) is 2.42. The molecule has 7 heteroatoms. The number of hydrogen-bond acceptors (Lipinski definition) is 3. The van der Waals surface area contributed by atoms with Crippen LogP contribution < -0.4 is 5.32 Å². The molecule has 3 aromatic rings. The second-order valence-electron chi connectivity index (χ2n) is 7.50. The highest BCUT2D eigenvalue weighted by atomic mass is 79.9. The van der Waals surface area contributed by atoms with Crippen molar-refractivity contribution in [3.8, 4) is 0 Å². The lowest BCUT2D eigenvalue weighted by molar-refractivity contribution is -0.131. The Morgan fingerprint density at radius 2 is 1.81 bits per heavy atom. The second kappa shape index (κ2) is 11.1. The lowest BCUT2D eigenvalue weighted by Gasteiger charge is -2.22. The third-order valence-corrected chi connectivity index (χ3v) is 5.58. The van der Waals surface area contributed by atoms with Crippen molar-refractivity contribution in [2.45, 2.75) is 39.7 Å². The minimum Gasteiger partial charge on any atom is -0.352 e. The third-order valence-electron chi connectivity index (χ3n) is 5.09. The predicted octanol–water partition coefficient (Wildman–Crippen LogP) is 4.42. The number of nitrogens with one attached hydrogen (secondary N) is 1. The third kappa shape index (κ3) is 5.94. The van der Waals surface area contributed by atoms with Crippen molar-refractivity contribution in [1.29, 1.82) is 0 Å². The van der Waals surface area contributed by atoms with Gasteiger partial charge in [0.25, 0.3) is 5.91 Å². The summed E-state index contributed by atoms with van der Waals surface area (Å²) in [5, 5.41) is 2.95. The Kier molecular flexibility index (Phi) is 8.23. The maximum absolute atomic E-state index is 13.0. The molecule has 2 amide bonds. The first-order chi connectivity index (χ1) is 15.0. The van der Waals surface area contributed by atoms with E-state index in [1.165, 1.54) is 0 Å². The maximum atomic E-state index is 13.0. The molecule has 0 fully saturated rings. The number of para-hydroxylation sites is 2. The molecule has 0 bridgehead atoms. The van der Waals surface area contributed by atoms with Gasteiger partial charge >= 0.3 is 0 Å². The van der Waals surface area contributed by atoms with Crippen molar-refractivity contribution in [3.63, 3.8) is 0 Å². The molecule has 0 spiro atoms. The van der Waals surface area contributed by atoms with Crippen LogP contribution in [-0.2, 0) is 17.8 Å². The Balaban J connectivity index is 1.74. The molecule has 0 saturated carbocycles. The van der Waals surface area contributed by atoms with E-state index in [0.29, 0.717) is 18.5 Å². The van der Waals surface area contributed by atoms with Crippen LogP contribution in [-0.4, -0.2) is 45.9 Å². The Bertz CT molecular complexity index is 1040. The van der Waals surface area contributed by atoms with Crippen molar-refractivity contribution in [2.24, 2.45) is 0 Å². The Labute approximate surface area is 191 Å². The standard InChI is InChI=1S/C24H29BrN4O2/c1-3-14-28(15-4-2)23(30)17-29-21-11-6-5-10-20(21)27-22(29)12-13-26-24(31)18-8-7-9-19(25)16-18/h5-11,16H,3-4,12-15,17H2,1-2H3,(H,26,31). The topological polar surface area (TPSA) is 67.2 Å². The fourth-order valence-corrected chi connectivity index (χ4v) is 4.05.